The molecule has 0 aromatic rings. The number of ether oxygens (including phenoxy) is 3. The van der Waals surface area contributed by atoms with E-state index in [1.54, 1.807) is 0 Å². The van der Waals surface area contributed by atoms with Crippen LogP contribution in [0.4, 0.5) is 4.79 Å². The third-order valence-corrected chi connectivity index (χ3v) is 7.18. The van der Waals surface area contributed by atoms with Crippen LogP contribution in [0.1, 0.15) is 67.7 Å². The van der Waals surface area contributed by atoms with Gasteiger partial charge < -0.3 is 23.5 Å². The lowest BCUT2D eigenvalue weighted by Crippen LogP contribution is -2.50. The van der Waals surface area contributed by atoms with Crippen LogP contribution in [0.3, 0.4) is 0 Å². The maximum atomic E-state index is 12.9. The summed E-state index contributed by atoms with van der Waals surface area (Å²) in [7, 11) is 1.07. The molecule has 0 radical (unpaired) electrons. The predicted molar refractivity (Wildman–Crippen MR) is 116 cm³/mol. The van der Waals surface area contributed by atoms with Gasteiger partial charge in [-0.1, -0.05) is 6.42 Å². The molecule has 3 saturated heterocycles. The monoisotopic (exact) mass is 439 g/mol. The van der Waals surface area contributed by atoms with Gasteiger partial charge in [-0.2, -0.15) is 0 Å². The first-order valence-corrected chi connectivity index (χ1v) is 11.3. The molecule has 3 aliphatic heterocycles. The molecule has 0 unspecified atom stereocenters. The number of carbonyl (C=O) groups is 2. The van der Waals surface area contributed by atoms with Crippen LogP contribution < -0.4 is 0 Å². The molecule has 0 spiro atoms. The fraction of sp³-hybridized carbons (Fsp3) is 0.909. The highest BCUT2D eigenvalue weighted by Crippen LogP contribution is 2.51. The smallest absolute Gasteiger partial charge is 0.457 e. The van der Waals surface area contributed by atoms with E-state index in [-0.39, 0.29) is 24.4 Å². The number of methoxy groups -OCH3 is 1. The lowest BCUT2D eigenvalue weighted by molar-refractivity contribution is -0.149. The Balaban J connectivity index is 1.74. The van der Waals surface area contributed by atoms with Crippen molar-refractivity contribution in [2.24, 2.45) is 5.41 Å². The highest BCUT2D eigenvalue weighted by molar-refractivity contribution is 6.45. The van der Waals surface area contributed by atoms with E-state index < -0.39 is 29.1 Å². The third-order valence-electron chi connectivity index (χ3n) is 7.18. The number of carbonyl (C=O) groups excluding carboxylic acids is 2. The van der Waals surface area contributed by atoms with Crippen LogP contribution in [-0.4, -0.2) is 73.3 Å². The zero-order chi connectivity index (χ0) is 23.2. The second-order valence-corrected chi connectivity index (χ2v) is 11.0. The standard InChI is InChI=1S/C22H38BNO7/c1-19(2,3)29-18(26)24-14-15-22(11-13-28-15,16(24)17(25)27-8)10-9-12-23-30-20(4,5)21(6,7)31-23/h15-16H,9-14H2,1-8H3/t15-,16+,22-/m0/s1. The third kappa shape index (κ3) is 4.59. The molecule has 0 aromatic heterocycles. The van der Waals surface area contributed by atoms with Gasteiger partial charge in [0, 0.05) is 12.0 Å². The second kappa shape index (κ2) is 8.23. The summed E-state index contributed by atoms with van der Waals surface area (Å²) < 4.78 is 28.9. The lowest BCUT2D eigenvalue weighted by atomic mass is 9.70. The van der Waals surface area contributed by atoms with Crippen LogP contribution in [0.5, 0.6) is 0 Å². The molecule has 0 saturated carbocycles. The van der Waals surface area contributed by atoms with Crippen molar-refractivity contribution in [3.05, 3.63) is 0 Å². The van der Waals surface area contributed by atoms with Gasteiger partial charge in [0.1, 0.15) is 11.6 Å². The van der Waals surface area contributed by atoms with E-state index in [9.17, 15) is 9.59 Å². The number of fused-ring (bicyclic) bond motifs is 1. The summed E-state index contributed by atoms with van der Waals surface area (Å²) in [6, 6.07) is -0.724. The Labute approximate surface area is 186 Å². The summed E-state index contributed by atoms with van der Waals surface area (Å²) >= 11 is 0. The number of likely N-dealkylation sites (tertiary alicyclic amines) is 1. The van der Waals surface area contributed by atoms with Gasteiger partial charge in [-0.15, -0.1) is 0 Å². The number of esters is 1. The fourth-order valence-electron chi connectivity index (χ4n) is 4.94. The minimum atomic E-state index is -0.724. The summed E-state index contributed by atoms with van der Waals surface area (Å²) in [5, 5.41) is 0. The molecular weight excluding hydrogens is 401 g/mol. The Kier molecular flexibility index (Phi) is 6.46. The van der Waals surface area contributed by atoms with E-state index in [2.05, 4.69) is 0 Å². The Bertz CT molecular complexity index is 688. The van der Waals surface area contributed by atoms with Gasteiger partial charge in [-0.05, 0) is 67.6 Å². The average molecular weight is 439 g/mol. The van der Waals surface area contributed by atoms with Crippen molar-refractivity contribution < 1.29 is 33.1 Å². The van der Waals surface area contributed by atoms with Gasteiger partial charge in [0.2, 0.25) is 0 Å². The Hall–Kier alpha value is -1.32. The van der Waals surface area contributed by atoms with Crippen molar-refractivity contribution in [1.29, 1.82) is 0 Å². The first-order chi connectivity index (χ1) is 14.2. The van der Waals surface area contributed by atoms with Crippen molar-refractivity contribution >= 4 is 19.2 Å². The molecule has 0 aromatic carbocycles. The minimum Gasteiger partial charge on any atom is -0.467 e. The Morgan fingerprint density at radius 2 is 1.74 bits per heavy atom. The molecule has 31 heavy (non-hydrogen) atoms. The molecule has 176 valence electrons. The van der Waals surface area contributed by atoms with Crippen LogP contribution in [0, 0.1) is 5.41 Å². The summed E-state index contributed by atoms with van der Waals surface area (Å²) in [5.41, 5.74) is -1.89. The van der Waals surface area contributed by atoms with E-state index in [1.807, 2.05) is 48.5 Å². The van der Waals surface area contributed by atoms with E-state index >= 15 is 0 Å². The average Bonchev–Trinajstić information content (AvgIpc) is 3.20. The van der Waals surface area contributed by atoms with E-state index in [0.717, 1.165) is 6.42 Å². The number of hydrogen-bond acceptors (Lipinski definition) is 7. The van der Waals surface area contributed by atoms with Gasteiger partial charge in [0.25, 0.3) is 0 Å². The van der Waals surface area contributed by atoms with Crippen LogP contribution in [0.15, 0.2) is 0 Å². The first-order valence-electron chi connectivity index (χ1n) is 11.3. The lowest BCUT2D eigenvalue weighted by Gasteiger charge is -2.35. The second-order valence-electron chi connectivity index (χ2n) is 11.0. The normalized spacial score (nSPS) is 31.6. The highest BCUT2D eigenvalue weighted by Gasteiger charge is 2.62. The summed E-state index contributed by atoms with van der Waals surface area (Å²) in [6.07, 6.45) is 2.17. The minimum absolute atomic E-state index is 0.220. The number of hydrogen-bond donors (Lipinski definition) is 0. The molecule has 1 amide bonds. The topological polar surface area (TPSA) is 83.5 Å². The van der Waals surface area contributed by atoms with Gasteiger partial charge in [-0.25, -0.2) is 9.59 Å². The van der Waals surface area contributed by atoms with Gasteiger partial charge in [0.05, 0.1) is 31.0 Å². The van der Waals surface area contributed by atoms with Crippen LogP contribution >= 0.6 is 0 Å². The van der Waals surface area contributed by atoms with Gasteiger partial charge >= 0.3 is 19.2 Å². The SMILES string of the molecule is COC(=O)[C@H]1N(C(=O)OC(C)(C)C)C[C@@H]2OCC[C@@]21CCCB1OC(C)(C)C(C)(C)O1. The molecule has 3 aliphatic rings. The van der Waals surface area contributed by atoms with E-state index in [4.69, 9.17) is 23.5 Å². The highest BCUT2D eigenvalue weighted by atomic mass is 16.7. The molecule has 3 rings (SSSR count). The van der Waals surface area contributed by atoms with Crippen molar-refractivity contribution in [1.82, 2.24) is 4.90 Å². The van der Waals surface area contributed by atoms with E-state index in [1.165, 1.54) is 12.0 Å². The number of amides is 1. The van der Waals surface area contributed by atoms with Gasteiger partial charge in [-0.3, -0.25) is 4.90 Å². The van der Waals surface area contributed by atoms with Crippen molar-refractivity contribution in [2.45, 2.75) is 103 Å². The summed E-state index contributed by atoms with van der Waals surface area (Å²) in [4.78, 5) is 27.2. The van der Waals surface area contributed by atoms with Crippen LogP contribution in [0.2, 0.25) is 6.32 Å². The fourth-order valence-corrected chi connectivity index (χ4v) is 4.94. The van der Waals surface area contributed by atoms with Crippen molar-refractivity contribution in [3.8, 4) is 0 Å². The molecule has 0 N–H and O–H groups in total. The van der Waals surface area contributed by atoms with Crippen LogP contribution in [0.25, 0.3) is 0 Å². The molecule has 3 heterocycles. The predicted octanol–water partition coefficient (Wildman–Crippen LogP) is 3.43. The Morgan fingerprint density at radius 1 is 1.13 bits per heavy atom. The van der Waals surface area contributed by atoms with Gasteiger partial charge in [0.15, 0.2) is 0 Å². The van der Waals surface area contributed by atoms with Crippen LogP contribution in [-0.2, 0) is 28.3 Å². The molecular formula is C22H38BNO7. The first kappa shape index (κ1) is 24.3. The maximum absolute atomic E-state index is 12.9. The molecule has 9 heteroatoms. The molecule has 3 atom stereocenters. The number of nitrogens with zero attached hydrogens (tertiary/aromatic N) is 1. The zero-order valence-electron chi connectivity index (χ0n) is 20.3. The molecule has 0 aliphatic carbocycles. The Morgan fingerprint density at radius 3 is 2.29 bits per heavy atom. The molecule has 0 bridgehead atoms. The molecule has 3 fully saturated rings. The van der Waals surface area contributed by atoms with Crippen molar-refractivity contribution in [3.63, 3.8) is 0 Å². The van der Waals surface area contributed by atoms with Crippen molar-refractivity contribution in [2.75, 3.05) is 20.3 Å². The number of rotatable bonds is 5. The summed E-state index contributed by atoms with van der Waals surface area (Å²) in [5.74, 6) is -0.422. The molecule has 8 nitrogen and oxygen atoms in total. The quantitative estimate of drug-likeness (QED) is 0.479. The zero-order valence-corrected chi connectivity index (χ0v) is 20.3. The maximum Gasteiger partial charge on any atom is 0.457 e. The largest absolute Gasteiger partial charge is 0.467 e. The summed E-state index contributed by atoms with van der Waals surface area (Å²) in [6.45, 7) is 14.5. The van der Waals surface area contributed by atoms with E-state index in [0.29, 0.717) is 32.3 Å².